The van der Waals surface area contributed by atoms with Crippen molar-refractivity contribution >= 4 is 5.91 Å². The number of benzene rings is 1. The summed E-state index contributed by atoms with van der Waals surface area (Å²) in [4.78, 5) is 13.3. The lowest BCUT2D eigenvalue weighted by molar-refractivity contribution is -0.287. The van der Waals surface area contributed by atoms with Crippen molar-refractivity contribution < 1.29 is 28.2 Å². The fraction of sp³-hybridized carbons (Fsp3) is 0.462. The van der Waals surface area contributed by atoms with Crippen LogP contribution < -0.4 is 9.47 Å². The molecular formula is C13H13F2NO4. The van der Waals surface area contributed by atoms with Gasteiger partial charge in [0.1, 0.15) is 0 Å². The molecule has 7 heteroatoms. The van der Waals surface area contributed by atoms with Crippen molar-refractivity contribution in [1.82, 2.24) is 4.90 Å². The van der Waals surface area contributed by atoms with Crippen LogP contribution in [0.25, 0.3) is 0 Å². The molecule has 1 saturated heterocycles. The van der Waals surface area contributed by atoms with E-state index in [4.69, 9.17) is 5.11 Å². The molecule has 1 fully saturated rings. The lowest BCUT2D eigenvalue weighted by atomic mass is 10.1. The predicted octanol–water partition coefficient (Wildman–Crippen LogP) is 1.35. The lowest BCUT2D eigenvalue weighted by Crippen LogP contribution is -2.27. The molecule has 0 saturated carbocycles. The van der Waals surface area contributed by atoms with Gasteiger partial charge in [0.05, 0.1) is 0 Å². The topological polar surface area (TPSA) is 59.0 Å². The molecule has 108 valence electrons. The van der Waals surface area contributed by atoms with E-state index in [1.54, 1.807) is 12.1 Å². The van der Waals surface area contributed by atoms with E-state index >= 15 is 0 Å². The molecule has 1 unspecified atom stereocenters. The summed E-state index contributed by atoms with van der Waals surface area (Å²) < 4.78 is 35.0. The molecule has 20 heavy (non-hydrogen) atoms. The van der Waals surface area contributed by atoms with Gasteiger partial charge in [-0.15, -0.1) is 8.78 Å². The van der Waals surface area contributed by atoms with Crippen LogP contribution in [0, 0.1) is 5.92 Å². The van der Waals surface area contributed by atoms with Crippen LogP contribution >= 0.6 is 0 Å². The summed E-state index contributed by atoms with van der Waals surface area (Å²) in [6.45, 7) is 0.515. The number of ether oxygens (including phenoxy) is 2. The standard InChI is InChI=1S/C13H13F2NO4/c14-13(15)19-10-3-1-2-9(12(10)20-13)6-16-5-8(7-17)4-11(16)18/h1-3,8,17H,4-7H2. The van der Waals surface area contributed by atoms with Crippen LogP contribution in [-0.4, -0.2) is 35.4 Å². The first-order chi connectivity index (χ1) is 9.48. The maximum atomic E-state index is 13.1. The Morgan fingerprint density at radius 2 is 2.20 bits per heavy atom. The van der Waals surface area contributed by atoms with E-state index in [0.717, 1.165) is 0 Å². The number of amides is 1. The van der Waals surface area contributed by atoms with Crippen LogP contribution in [0.5, 0.6) is 11.5 Å². The molecule has 1 N–H and O–H groups in total. The summed E-state index contributed by atoms with van der Waals surface area (Å²) in [5, 5.41) is 9.07. The third kappa shape index (κ3) is 2.29. The van der Waals surface area contributed by atoms with Crippen molar-refractivity contribution in [3.05, 3.63) is 23.8 Å². The summed E-state index contributed by atoms with van der Waals surface area (Å²) in [6, 6.07) is 4.58. The quantitative estimate of drug-likeness (QED) is 0.910. The van der Waals surface area contributed by atoms with Gasteiger partial charge in [0.2, 0.25) is 5.91 Å². The molecule has 0 spiro atoms. The third-order valence-electron chi connectivity index (χ3n) is 3.42. The minimum absolute atomic E-state index is 0.0298. The van der Waals surface area contributed by atoms with Crippen molar-refractivity contribution in [3.8, 4) is 11.5 Å². The van der Waals surface area contributed by atoms with Gasteiger partial charge in [-0.3, -0.25) is 4.79 Å². The van der Waals surface area contributed by atoms with Gasteiger partial charge in [-0.25, -0.2) is 0 Å². The predicted molar refractivity (Wildman–Crippen MR) is 63.3 cm³/mol. The highest BCUT2D eigenvalue weighted by Gasteiger charge is 2.44. The van der Waals surface area contributed by atoms with Gasteiger partial charge in [-0.05, 0) is 6.07 Å². The molecule has 5 nitrogen and oxygen atoms in total. The molecule has 2 heterocycles. The normalized spacial score (nSPS) is 23.4. The zero-order valence-corrected chi connectivity index (χ0v) is 10.5. The molecule has 0 radical (unpaired) electrons. The maximum Gasteiger partial charge on any atom is 0.586 e. The summed E-state index contributed by atoms with van der Waals surface area (Å²) in [7, 11) is 0. The SMILES string of the molecule is O=C1CC(CO)CN1Cc1cccc2c1OC(F)(F)O2. The van der Waals surface area contributed by atoms with E-state index in [1.807, 2.05) is 0 Å². The highest BCUT2D eigenvalue weighted by Crippen LogP contribution is 2.43. The van der Waals surface area contributed by atoms with E-state index in [9.17, 15) is 13.6 Å². The molecule has 1 atom stereocenters. The number of hydrogen-bond acceptors (Lipinski definition) is 4. The number of para-hydroxylation sites is 1. The highest BCUT2D eigenvalue weighted by atomic mass is 19.3. The van der Waals surface area contributed by atoms with E-state index in [2.05, 4.69) is 9.47 Å². The van der Waals surface area contributed by atoms with E-state index < -0.39 is 6.29 Å². The van der Waals surface area contributed by atoms with E-state index in [1.165, 1.54) is 11.0 Å². The molecule has 1 amide bonds. The van der Waals surface area contributed by atoms with E-state index in [-0.39, 0.29) is 42.9 Å². The fourth-order valence-corrected chi connectivity index (χ4v) is 2.48. The van der Waals surface area contributed by atoms with E-state index in [0.29, 0.717) is 12.1 Å². The number of rotatable bonds is 3. The molecule has 0 aromatic heterocycles. The Labute approximate surface area is 113 Å². The van der Waals surface area contributed by atoms with Crippen molar-refractivity contribution in [2.24, 2.45) is 5.92 Å². The third-order valence-corrected chi connectivity index (χ3v) is 3.42. The first kappa shape index (κ1) is 13.1. The molecule has 3 rings (SSSR count). The highest BCUT2D eigenvalue weighted by molar-refractivity contribution is 5.78. The molecule has 2 aliphatic rings. The van der Waals surface area contributed by atoms with Crippen LogP contribution in [-0.2, 0) is 11.3 Å². The van der Waals surface area contributed by atoms with Crippen molar-refractivity contribution in [2.75, 3.05) is 13.2 Å². The van der Waals surface area contributed by atoms with Crippen LogP contribution in [0.15, 0.2) is 18.2 Å². The molecule has 1 aromatic carbocycles. The summed E-state index contributed by atoms with van der Waals surface area (Å²) in [5.74, 6) is -0.263. The number of aliphatic hydroxyl groups excluding tert-OH is 1. The minimum atomic E-state index is -3.67. The zero-order chi connectivity index (χ0) is 14.3. The molecule has 2 aliphatic heterocycles. The molecule has 0 bridgehead atoms. The van der Waals surface area contributed by atoms with Gasteiger partial charge in [0.15, 0.2) is 11.5 Å². The number of halogens is 2. The molecular weight excluding hydrogens is 272 g/mol. The lowest BCUT2D eigenvalue weighted by Gasteiger charge is -2.17. The van der Waals surface area contributed by atoms with Crippen LogP contribution in [0.3, 0.4) is 0 Å². The van der Waals surface area contributed by atoms with Gasteiger partial charge >= 0.3 is 6.29 Å². The number of fused-ring (bicyclic) bond motifs is 1. The number of carbonyl (C=O) groups excluding carboxylic acids is 1. The van der Waals surface area contributed by atoms with Crippen LogP contribution in [0.2, 0.25) is 0 Å². The number of alkyl halides is 2. The molecule has 0 aliphatic carbocycles. The van der Waals surface area contributed by atoms with Crippen LogP contribution in [0.1, 0.15) is 12.0 Å². The largest absolute Gasteiger partial charge is 0.586 e. The first-order valence-corrected chi connectivity index (χ1v) is 6.25. The molecule has 1 aromatic rings. The number of hydrogen-bond donors (Lipinski definition) is 1. The Morgan fingerprint density at radius 1 is 1.40 bits per heavy atom. The van der Waals surface area contributed by atoms with Crippen molar-refractivity contribution in [1.29, 1.82) is 0 Å². The fourth-order valence-electron chi connectivity index (χ4n) is 2.48. The Bertz CT molecular complexity index is 549. The summed E-state index contributed by atoms with van der Waals surface area (Å²) >= 11 is 0. The van der Waals surface area contributed by atoms with Crippen LogP contribution in [0.4, 0.5) is 8.78 Å². The second kappa shape index (κ2) is 4.59. The number of nitrogens with zero attached hydrogens (tertiary/aromatic N) is 1. The Morgan fingerprint density at radius 3 is 2.90 bits per heavy atom. The maximum absolute atomic E-state index is 13.1. The average molecular weight is 285 g/mol. The van der Waals surface area contributed by atoms with Gasteiger partial charge in [0, 0.05) is 37.6 Å². The van der Waals surface area contributed by atoms with Gasteiger partial charge in [-0.2, -0.15) is 0 Å². The van der Waals surface area contributed by atoms with Gasteiger partial charge < -0.3 is 19.5 Å². The van der Waals surface area contributed by atoms with Gasteiger partial charge in [0.25, 0.3) is 0 Å². The second-order valence-electron chi connectivity index (χ2n) is 4.94. The summed E-state index contributed by atoms with van der Waals surface area (Å²) in [6.07, 6.45) is -3.39. The number of likely N-dealkylation sites (tertiary alicyclic amines) is 1. The smallest absolute Gasteiger partial charge is 0.396 e. The average Bonchev–Trinajstić information content (AvgIpc) is 2.89. The zero-order valence-electron chi connectivity index (χ0n) is 10.5. The summed E-state index contributed by atoms with van der Waals surface area (Å²) in [5.41, 5.74) is 0.464. The van der Waals surface area contributed by atoms with Crippen molar-refractivity contribution in [2.45, 2.75) is 19.3 Å². The Hall–Kier alpha value is -1.89. The number of aliphatic hydroxyl groups is 1. The Kier molecular flexibility index (Phi) is 3.01. The van der Waals surface area contributed by atoms with Crippen molar-refractivity contribution in [3.63, 3.8) is 0 Å². The number of carbonyl (C=O) groups is 1. The monoisotopic (exact) mass is 285 g/mol. The minimum Gasteiger partial charge on any atom is -0.396 e. The Balaban J connectivity index is 1.80. The second-order valence-corrected chi connectivity index (χ2v) is 4.94. The van der Waals surface area contributed by atoms with Gasteiger partial charge in [-0.1, -0.05) is 12.1 Å². The first-order valence-electron chi connectivity index (χ1n) is 6.25.